The Bertz CT molecular complexity index is 348. The van der Waals surface area contributed by atoms with Crippen molar-refractivity contribution in [3.05, 3.63) is 16.1 Å². The third-order valence-corrected chi connectivity index (χ3v) is 3.55. The Hall–Kier alpha value is -0.610. The van der Waals surface area contributed by atoms with Crippen LogP contribution in [0.4, 0.5) is 0 Å². The number of nitrogens with zero attached hydrogens (tertiary/aromatic N) is 2. The van der Waals surface area contributed by atoms with E-state index >= 15 is 0 Å². The largest absolute Gasteiger partial charge is 0.342 e. The quantitative estimate of drug-likeness (QED) is 0.716. The second-order valence-corrected chi connectivity index (χ2v) is 5.13. The van der Waals surface area contributed by atoms with Gasteiger partial charge in [-0.1, -0.05) is 13.8 Å². The Morgan fingerprint density at radius 1 is 1.41 bits per heavy atom. The van der Waals surface area contributed by atoms with Crippen LogP contribution in [0.5, 0.6) is 0 Å². The number of carbonyl (C=O) groups excluding carboxylic acids is 1. The number of thiazole rings is 1. The minimum Gasteiger partial charge on any atom is -0.342 e. The number of rotatable bonds is 7. The van der Waals surface area contributed by atoms with E-state index in [-0.39, 0.29) is 5.91 Å². The average molecular weight is 275 g/mol. The highest BCUT2D eigenvalue weighted by Crippen LogP contribution is 2.13. The summed E-state index contributed by atoms with van der Waals surface area (Å²) >= 11 is 7.20. The number of amides is 1. The SMILES string of the molecule is CCCN(CCC)C(=O)Cc1nc(CCl)cs1. The Morgan fingerprint density at radius 3 is 2.53 bits per heavy atom. The van der Waals surface area contributed by atoms with Crippen LogP contribution in [0.15, 0.2) is 5.38 Å². The highest BCUT2D eigenvalue weighted by atomic mass is 35.5. The number of hydrogen-bond donors (Lipinski definition) is 0. The van der Waals surface area contributed by atoms with Crippen LogP contribution in [0.1, 0.15) is 37.4 Å². The number of aromatic nitrogens is 1. The lowest BCUT2D eigenvalue weighted by atomic mass is 10.3. The van der Waals surface area contributed by atoms with Gasteiger partial charge >= 0.3 is 0 Å². The van der Waals surface area contributed by atoms with Gasteiger partial charge in [0.1, 0.15) is 5.01 Å². The van der Waals surface area contributed by atoms with E-state index in [4.69, 9.17) is 11.6 Å². The van der Waals surface area contributed by atoms with Gasteiger partial charge in [0.25, 0.3) is 0 Å². The van der Waals surface area contributed by atoms with Crippen molar-refractivity contribution in [2.75, 3.05) is 13.1 Å². The summed E-state index contributed by atoms with van der Waals surface area (Å²) in [5.74, 6) is 0.586. The molecule has 0 saturated carbocycles. The topological polar surface area (TPSA) is 33.2 Å². The maximum absolute atomic E-state index is 12.0. The van der Waals surface area contributed by atoms with Crippen molar-refractivity contribution in [1.29, 1.82) is 0 Å². The summed E-state index contributed by atoms with van der Waals surface area (Å²) in [4.78, 5) is 18.3. The van der Waals surface area contributed by atoms with Gasteiger partial charge in [0.05, 0.1) is 18.0 Å². The van der Waals surface area contributed by atoms with E-state index in [0.29, 0.717) is 12.3 Å². The Kier molecular flexibility index (Phi) is 6.52. The fourth-order valence-electron chi connectivity index (χ4n) is 1.63. The molecular formula is C12H19ClN2OS. The summed E-state index contributed by atoms with van der Waals surface area (Å²) in [6.45, 7) is 5.84. The first-order valence-corrected chi connectivity index (χ1v) is 7.39. The highest BCUT2D eigenvalue weighted by molar-refractivity contribution is 7.09. The fraction of sp³-hybridized carbons (Fsp3) is 0.667. The smallest absolute Gasteiger partial charge is 0.229 e. The van der Waals surface area contributed by atoms with Gasteiger partial charge in [0.15, 0.2) is 0 Å². The molecule has 1 aromatic heterocycles. The lowest BCUT2D eigenvalue weighted by Crippen LogP contribution is -2.33. The van der Waals surface area contributed by atoms with Crippen molar-refractivity contribution >= 4 is 28.8 Å². The van der Waals surface area contributed by atoms with E-state index in [2.05, 4.69) is 18.8 Å². The molecule has 0 fully saturated rings. The lowest BCUT2D eigenvalue weighted by Gasteiger charge is -2.20. The Morgan fingerprint density at radius 2 is 2.06 bits per heavy atom. The molecule has 1 aromatic rings. The molecule has 0 aliphatic carbocycles. The second-order valence-electron chi connectivity index (χ2n) is 3.92. The minimum atomic E-state index is 0.171. The van der Waals surface area contributed by atoms with Crippen molar-refractivity contribution in [3.63, 3.8) is 0 Å². The normalized spacial score (nSPS) is 10.5. The standard InChI is InChI=1S/C12H19ClN2OS/c1-3-5-15(6-4-2)12(16)7-11-14-10(8-13)9-17-11/h9H,3-8H2,1-2H3. The summed E-state index contributed by atoms with van der Waals surface area (Å²) in [5.41, 5.74) is 0.858. The summed E-state index contributed by atoms with van der Waals surface area (Å²) in [6, 6.07) is 0. The molecule has 0 unspecified atom stereocenters. The van der Waals surface area contributed by atoms with Crippen LogP contribution in [-0.4, -0.2) is 28.9 Å². The lowest BCUT2D eigenvalue weighted by molar-refractivity contribution is -0.130. The molecule has 0 N–H and O–H groups in total. The summed E-state index contributed by atoms with van der Waals surface area (Å²) in [5, 5.41) is 2.78. The van der Waals surface area contributed by atoms with E-state index in [1.807, 2.05) is 10.3 Å². The van der Waals surface area contributed by atoms with Gasteiger partial charge in [-0.3, -0.25) is 4.79 Å². The molecule has 1 amide bonds. The van der Waals surface area contributed by atoms with Crippen LogP contribution in [0.25, 0.3) is 0 Å². The maximum Gasteiger partial charge on any atom is 0.229 e. The molecule has 0 aliphatic rings. The number of halogens is 1. The molecule has 17 heavy (non-hydrogen) atoms. The summed E-state index contributed by atoms with van der Waals surface area (Å²) < 4.78 is 0. The van der Waals surface area contributed by atoms with Crippen molar-refractivity contribution < 1.29 is 4.79 Å². The second kappa shape index (κ2) is 7.67. The van der Waals surface area contributed by atoms with Gasteiger partial charge in [-0.05, 0) is 12.8 Å². The molecule has 3 nitrogen and oxygen atoms in total. The molecule has 0 atom stereocenters. The molecule has 96 valence electrons. The van der Waals surface area contributed by atoms with Crippen molar-refractivity contribution in [2.24, 2.45) is 0 Å². The first-order chi connectivity index (χ1) is 8.21. The third kappa shape index (κ3) is 4.64. The number of hydrogen-bond acceptors (Lipinski definition) is 3. The molecule has 1 heterocycles. The average Bonchev–Trinajstić information content (AvgIpc) is 2.76. The van der Waals surface area contributed by atoms with E-state index in [9.17, 15) is 4.79 Å². The van der Waals surface area contributed by atoms with Gasteiger partial charge in [-0.2, -0.15) is 0 Å². The highest BCUT2D eigenvalue weighted by Gasteiger charge is 2.14. The van der Waals surface area contributed by atoms with Crippen LogP contribution in [0.2, 0.25) is 0 Å². The third-order valence-electron chi connectivity index (χ3n) is 2.38. The summed E-state index contributed by atoms with van der Waals surface area (Å²) in [7, 11) is 0. The fourth-order valence-corrected chi connectivity index (χ4v) is 2.65. The predicted octanol–water partition coefficient (Wildman–Crippen LogP) is 3.07. The van der Waals surface area contributed by atoms with Crippen molar-refractivity contribution in [2.45, 2.75) is 39.0 Å². The zero-order valence-electron chi connectivity index (χ0n) is 10.4. The van der Waals surface area contributed by atoms with Crippen molar-refractivity contribution in [1.82, 2.24) is 9.88 Å². The molecule has 0 radical (unpaired) electrons. The van der Waals surface area contributed by atoms with Crippen LogP contribution in [0, 0.1) is 0 Å². The van der Waals surface area contributed by atoms with E-state index < -0.39 is 0 Å². The van der Waals surface area contributed by atoms with Gasteiger partial charge in [0, 0.05) is 18.5 Å². The molecule has 0 aliphatic heterocycles. The van der Waals surface area contributed by atoms with Crippen LogP contribution in [0.3, 0.4) is 0 Å². The maximum atomic E-state index is 12.0. The first-order valence-electron chi connectivity index (χ1n) is 5.98. The van der Waals surface area contributed by atoms with Gasteiger partial charge < -0.3 is 4.90 Å². The van der Waals surface area contributed by atoms with Crippen LogP contribution < -0.4 is 0 Å². The first kappa shape index (κ1) is 14.5. The zero-order chi connectivity index (χ0) is 12.7. The van der Waals surface area contributed by atoms with Crippen molar-refractivity contribution in [3.8, 4) is 0 Å². The molecule has 0 aromatic carbocycles. The molecule has 0 spiro atoms. The van der Waals surface area contributed by atoms with Crippen LogP contribution >= 0.6 is 22.9 Å². The molecule has 1 rings (SSSR count). The van der Waals surface area contributed by atoms with E-state index in [0.717, 1.165) is 36.6 Å². The van der Waals surface area contributed by atoms with Gasteiger partial charge in [-0.25, -0.2) is 4.98 Å². The molecule has 5 heteroatoms. The van der Waals surface area contributed by atoms with Gasteiger partial charge in [0.2, 0.25) is 5.91 Å². The number of alkyl halides is 1. The van der Waals surface area contributed by atoms with E-state index in [1.165, 1.54) is 11.3 Å². The molecule has 0 saturated heterocycles. The van der Waals surface area contributed by atoms with Crippen LogP contribution in [-0.2, 0) is 17.1 Å². The predicted molar refractivity (Wildman–Crippen MR) is 72.5 cm³/mol. The minimum absolute atomic E-state index is 0.171. The van der Waals surface area contributed by atoms with Gasteiger partial charge in [-0.15, -0.1) is 22.9 Å². The summed E-state index contributed by atoms with van der Waals surface area (Å²) in [6.07, 6.45) is 2.40. The molecule has 0 bridgehead atoms. The molecular weight excluding hydrogens is 256 g/mol. The Labute approximate surface area is 112 Å². The van der Waals surface area contributed by atoms with E-state index in [1.54, 1.807) is 0 Å². The Balaban J connectivity index is 2.56. The number of carbonyl (C=O) groups is 1. The monoisotopic (exact) mass is 274 g/mol. The zero-order valence-corrected chi connectivity index (χ0v) is 12.0.